The highest BCUT2D eigenvalue weighted by Crippen LogP contribution is 2.14. The molecule has 2 heteroatoms. The van der Waals surface area contributed by atoms with Crippen molar-refractivity contribution in [1.29, 1.82) is 0 Å². The average molecular weight is 221 g/mol. The molecule has 96 valence electrons. The van der Waals surface area contributed by atoms with Gasteiger partial charge in [0.25, 0.3) is 0 Å². The average Bonchev–Trinajstić information content (AvgIpc) is 2.31. The lowest BCUT2D eigenvalue weighted by Gasteiger charge is -2.26. The molecule has 2 nitrogen and oxygen atoms in total. The molecule has 0 aliphatic rings. The lowest BCUT2D eigenvalue weighted by molar-refractivity contribution is 0.234. The van der Waals surface area contributed by atoms with Gasteiger partial charge in [0.1, 0.15) is 0 Å². The molecule has 0 aromatic carbocycles. The molecule has 0 heterocycles. The van der Waals surface area contributed by atoms with Crippen LogP contribution in [0.4, 0.5) is 0 Å². The number of hydrogen-bond acceptors (Lipinski definition) is 2. The molecule has 0 aromatic heterocycles. The molecular formula is C13H34N2. The van der Waals surface area contributed by atoms with E-state index < -0.39 is 0 Å². The van der Waals surface area contributed by atoms with Crippen LogP contribution in [0.25, 0.3) is 0 Å². The van der Waals surface area contributed by atoms with Crippen LogP contribution in [0.2, 0.25) is 0 Å². The fourth-order valence-corrected chi connectivity index (χ4v) is 2.24. The molecule has 0 radical (unpaired) electrons. The van der Waals surface area contributed by atoms with Crippen molar-refractivity contribution in [3.05, 3.63) is 0 Å². The van der Waals surface area contributed by atoms with Gasteiger partial charge in [-0.15, -0.1) is 0 Å². The third kappa shape index (κ3) is 6.16. The summed E-state index contributed by atoms with van der Waals surface area (Å²) >= 11 is 0. The van der Waals surface area contributed by atoms with Crippen molar-refractivity contribution in [2.45, 2.75) is 58.0 Å². The van der Waals surface area contributed by atoms with E-state index in [0.29, 0.717) is 0 Å². The van der Waals surface area contributed by atoms with Crippen LogP contribution >= 0.6 is 0 Å². The molecule has 0 rings (SSSR count). The van der Waals surface area contributed by atoms with Crippen LogP contribution in [0.15, 0.2) is 0 Å². The van der Waals surface area contributed by atoms with Gasteiger partial charge in [-0.25, -0.2) is 0 Å². The Bertz CT molecular complexity index is 139. The Balaban J connectivity index is -0.000000709. The van der Waals surface area contributed by atoms with Gasteiger partial charge in [-0.2, -0.15) is 0 Å². The number of rotatable bonds is 8. The standard InChI is InChI=1S/C13H30N2.2H2/c1-7-12(14(3)4)10-9-11-13(8-2)15(5)6;;/h12-13H,7-11H2,1-6H3;2*1H/i;1+1D;1+1. The minimum absolute atomic E-state index is 0. The van der Waals surface area contributed by atoms with E-state index in [2.05, 4.69) is 51.8 Å². The minimum atomic E-state index is 0. The highest BCUT2D eigenvalue weighted by Gasteiger charge is 2.12. The first-order valence-electron chi connectivity index (χ1n) is 7.35. The molecule has 0 fully saturated rings. The van der Waals surface area contributed by atoms with E-state index in [1.165, 1.54) is 32.1 Å². The van der Waals surface area contributed by atoms with Crippen LogP contribution in [0.3, 0.4) is 0 Å². The zero-order valence-corrected chi connectivity index (χ0v) is 11.6. The Kier molecular flexibility index (Phi) is 7.03. The van der Waals surface area contributed by atoms with Crippen LogP contribution in [0.1, 0.15) is 50.3 Å². The van der Waals surface area contributed by atoms with E-state index in [9.17, 15) is 0 Å². The Morgan fingerprint density at radius 3 is 1.40 bits per heavy atom. The topological polar surface area (TPSA) is 6.48 Å². The lowest BCUT2D eigenvalue weighted by Crippen LogP contribution is -2.29. The van der Waals surface area contributed by atoms with Gasteiger partial charge in [-0.1, -0.05) is 20.3 Å². The maximum atomic E-state index is 5.00. The van der Waals surface area contributed by atoms with Gasteiger partial charge >= 0.3 is 0 Å². The quantitative estimate of drug-likeness (QED) is 0.620. The van der Waals surface area contributed by atoms with E-state index in [1.807, 2.05) is 0 Å². The van der Waals surface area contributed by atoms with Gasteiger partial charge in [-0.05, 0) is 53.9 Å². The molecule has 15 heavy (non-hydrogen) atoms. The Morgan fingerprint density at radius 2 is 1.20 bits per heavy atom. The van der Waals surface area contributed by atoms with Gasteiger partial charge in [0.15, 0.2) is 0 Å². The smallest absolute Gasteiger partial charge is 0.00865 e. The van der Waals surface area contributed by atoms with E-state index >= 15 is 0 Å². The first kappa shape index (κ1) is 13.0. The van der Waals surface area contributed by atoms with E-state index in [1.54, 1.807) is 0 Å². The van der Waals surface area contributed by atoms with Gasteiger partial charge in [0.2, 0.25) is 0 Å². The van der Waals surface area contributed by atoms with Gasteiger partial charge < -0.3 is 9.80 Å². The first-order valence-corrected chi connectivity index (χ1v) is 6.35. The minimum Gasteiger partial charge on any atom is -0.306 e. The summed E-state index contributed by atoms with van der Waals surface area (Å²) in [6.07, 6.45) is 6.58. The highest BCUT2D eigenvalue weighted by atomic mass is 15.1. The molecule has 0 aromatic rings. The SMILES string of the molecule is CCC(CCCC(CC)N(C)C)N(C)C.[2HH].[2H][2H]. The molecule has 0 aliphatic carbocycles. The second-order valence-corrected chi connectivity index (χ2v) is 4.98. The maximum absolute atomic E-state index is 5.00. The van der Waals surface area contributed by atoms with E-state index in [4.69, 9.17) is 2.97 Å². The van der Waals surface area contributed by atoms with Gasteiger partial charge in [0.05, 0.1) is 0 Å². The Labute approximate surface area is 101 Å². The second-order valence-electron chi connectivity index (χ2n) is 4.98. The maximum Gasteiger partial charge on any atom is 0.00865 e. The monoisotopic (exact) mass is 221 g/mol. The summed E-state index contributed by atoms with van der Waals surface area (Å²) in [7, 11) is 8.77. The molecule has 0 N–H and O–H groups in total. The summed E-state index contributed by atoms with van der Waals surface area (Å²) in [6.45, 7) is 4.57. The fourth-order valence-electron chi connectivity index (χ4n) is 2.24. The fraction of sp³-hybridized carbons (Fsp3) is 1.00. The van der Waals surface area contributed by atoms with Crippen molar-refractivity contribution in [1.82, 2.24) is 9.80 Å². The zero-order chi connectivity index (χ0) is 13.8. The van der Waals surface area contributed by atoms with Crippen molar-refractivity contribution < 1.29 is 4.40 Å². The molecule has 0 saturated heterocycles. The summed E-state index contributed by atoms with van der Waals surface area (Å²) < 4.78 is 10.0. The van der Waals surface area contributed by atoms with Gasteiger partial charge in [0, 0.05) is 16.5 Å². The molecule has 0 bridgehead atoms. The van der Waals surface area contributed by atoms with E-state index in [0.717, 1.165) is 12.1 Å². The summed E-state index contributed by atoms with van der Waals surface area (Å²) in [5.74, 6) is 0. The van der Waals surface area contributed by atoms with E-state index in [-0.39, 0.29) is 1.43 Å². The summed E-state index contributed by atoms with van der Waals surface area (Å²) in [4.78, 5) is 4.72. The summed E-state index contributed by atoms with van der Waals surface area (Å²) in [5, 5.41) is 0. The molecule has 2 unspecified atom stereocenters. The number of nitrogens with zero attached hydrogens (tertiary/aromatic N) is 2. The molecule has 0 amide bonds. The van der Waals surface area contributed by atoms with Gasteiger partial charge in [-0.3, -0.25) is 0 Å². The molecule has 2 atom stereocenters. The summed E-state index contributed by atoms with van der Waals surface area (Å²) in [6, 6.07) is 1.54. The molecule has 0 spiro atoms. The molecule has 0 saturated carbocycles. The highest BCUT2D eigenvalue weighted by molar-refractivity contribution is 4.68. The second kappa shape index (κ2) is 8.12. The van der Waals surface area contributed by atoms with Crippen molar-refractivity contribution in [2.24, 2.45) is 0 Å². The summed E-state index contributed by atoms with van der Waals surface area (Å²) in [5.41, 5.74) is 0. The molecule has 0 aliphatic heterocycles. The van der Waals surface area contributed by atoms with Crippen molar-refractivity contribution in [2.75, 3.05) is 28.2 Å². The molecular weight excluding hydrogens is 184 g/mol. The largest absolute Gasteiger partial charge is 0.306 e. The Morgan fingerprint density at radius 1 is 0.867 bits per heavy atom. The predicted octanol–water partition coefficient (Wildman–Crippen LogP) is 3.33. The van der Waals surface area contributed by atoms with Crippen LogP contribution < -0.4 is 0 Å². The predicted molar refractivity (Wildman–Crippen MR) is 73.6 cm³/mol. The Hall–Kier alpha value is -0.0800. The van der Waals surface area contributed by atoms with Crippen LogP contribution in [0.5, 0.6) is 0 Å². The van der Waals surface area contributed by atoms with Crippen LogP contribution in [0, 0.1) is 0 Å². The first-order chi connectivity index (χ1) is 8.02. The lowest BCUT2D eigenvalue weighted by atomic mass is 10.0. The van der Waals surface area contributed by atoms with Crippen molar-refractivity contribution in [3.8, 4) is 0 Å². The number of hydrogen-bond donors (Lipinski definition) is 0. The van der Waals surface area contributed by atoms with Crippen LogP contribution in [-0.2, 0) is 0 Å². The third-order valence-electron chi connectivity index (χ3n) is 3.48. The normalized spacial score (nSPS) is 16.5. The van der Waals surface area contributed by atoms with Crippen LogP contribution in [-0.4, -0.2) is 50.1 Å². The van der Waals surface area contributed by atoms with Crippen molar-refractivity contribution >= 4 is 0 Å². The third-order valence-corrected chi connectivity index (χ3v) is 3.48. The zero-order valence-electron chi connectivity index (χ0n) is 13.6. The van der Waals surface area contributed by atoms with Crippen molar-refractivity contribution in [3.63, 3.8) is 0 Å².